The molecule has 0 aliphatic heterocycles. The Labute approximate surface area is 174 Å². The van der Waals surface area contributed by atoms with E-state index >= 15 is 0 Å². The summed E-state index contributed by atoms with van der Waals surface area (Å²) in [5.41, 5.74) is 3.02. The van der Waals surface area contributed by atoms with Crippen LogP contribution in [-0.2, 0) is 17.0 Å². The monoisotopic (exact) mass is 409 g/mol. The van der Waals surface area contributed by atoms with Gasteiger partial charge < -0.3 is 14.7 Å². The van der Waals surface area contributed by atoms with E-state index in [0.717, 1.165) is 21.9 Å². The quantitative estimate of drug-likeness (QED) is 0.593. The lowest BCUT2D eigenvalue weighted by molar-refractivity contribution is -0.127. The number of rotatable bonds is 7. The zero-order chi connectivity index (χ0) is 20.8. The van der Waals surface area contributed by atoms with Gasteiger partial charge in [0.25, 0.3) is 5.91 Å². The number of nitrogens with zero attached hydrogens (tertiary/aromatic N) is 2. The fourth-order valence-electron chi connectivity index (χ4n) is 2.65. The van der Waals surface area contributed by atoms with Crippen molar-refractivity contribution in [1.82, 2.24) is 10.1 Å². The van der Waals surface area contributed by atoms with Gasteiger partial charge in [-0.1, -0.05) is 29.4 Å². The van der Waals surface area contributed by atoms with Gasteiger partial charge in [0.2, 0.25) is 5.91 Å². The van der Waals surface area contributed by atoms with Gasteiger partial charge in [0.05, 0.1) is 23.4 Å². The molecule has 0 aliphatic rings. The predicted molar refractivity (Wildman–Crippen MR) is 114 cm³/mol. The Bertz CT molecular complexity index is 997. The van der Waals surface area contributed by atoms with Crippen LogP contribution in [-0.4, -0.2) is 36.0 Å². The molecule has 150 valence electrons. The van der Waals surface area contributed by atoms with E-state index in [2.05, 4.69) is 10.5 Å². The number of hydrogen-bond donors (Lipinski definition) is 1. The number of aryl methyl sites for hydroxylation is 1. The van der Waals surface area contributed by atoms with Crippen LogP contribution in [0, 0.1) is 6.92 Å². The molecule has 0 unspecified atom stereocenters. The summed E-state index contributed by atoms with van der Waals surface area (Å²) in [4.78, 5) is 27.0. The highest BCUT2D eigenvalue weighted by Gasteiger charge is 2.13. The Morgan fingerprint density at radius 1 is 1.10 bits per heavy atom. The summed E-state index contributed by atoms with van der Waals surface area (Å²) in [6, 6.07) is 16.7. The van der Waals surface area contributed by atoms with Crippen LogP contribution in [0.25, 0.3) is 0 Å². The number of hydrogen-bond acceptors (Lipinski definition) is 5. The number of nitrogens with one attached hydrogen (secondary N) is 1. The van der Waals surface area contributed by atoms with E-state index in [1.54, 1.807) is 25.1 Å². The molecule has 0 saturated heterocycles. The third-order valence-electron chi connectivity index (χ3n) is 4.24. The number of carbonyl (C=O) groups excluding carboxylic acids is 2. The summed E-state index contributed by atoms with van der Waals surface area (Å²) in [6.07, 6.45) is 0.335. The van der Waals surface area contributed by atoms with Crippen molar-refractivity contribution in [2.24, 2.45) is 0 Å². The van der Waals surface area contributed by atoms with Crippen LogP contribution in [0.15, 0.2) is 64.0 Å². The Morgan fingerprint density at radius 2 is 1.83 bits per heavy atom. The van der Waals surface area contributed by atoms with Gasteiger partial charge in [0.1, 0.15) is 5.76 Å². The molecular formula is C22H23N3O3S. The third-order valence-corrected chi connectivity index (χ3v) is 5.34. The van der Waals surface area contributed by atoms with E-state index in [-0.39, 0.29) is 11.8 Å². The molecule has 0 bridgehead atoms. The summed E-state index contributed by atoms with van der Waals surface area (Å²) in [7, 11) is 3.46. The maximum absolute atomic E-state index is 12.8. The molecule has 1 N–H and O–H groups in total. The molecule has 3 rings (SSSR count). The van der Waals surface area contributed by atoms with Gasteiger partial charge in [-0.2, -0.15) is 0 Å². The molecule has 1 heterocycles. The van der Waals surface area contributed by atoms with Crippen molar-refractivity contribution in [3.8, 4) is 0 Å². The maximum Gasteiger partial charge on any atom is 0.256 e. The second kappa shape index (κ2) is 9.43. The second-order valence-corrected chi connectivity index (χ2v) is 7.85. The molecule has 7 heteroatoms. The van der Waals surface area contributed by atoms with Crippen LogP contribution in [0.3, 0.4) is 0 Å². The first-order chi connectivity index (χ1) is 13.9. The lowest BCUT2D eigenvalue weighted by atomic mass is 10.1. The first kappa shape index (κ1) is 20.7. The van der Waals surface area contributed by atoms with Crippen LogP contribution in [0.1, 0.15) is 27.4 Å². The van der Waals surface area contributed by atoms with Gasteiger partial charge in [-0.15, -0.1) is 11.8 Å². The highest BCUT2D eigenvalue weighted by Crippen LogP contribution is 2.27. The lowest BCUT2D eigenvalue weighted by Crippen LogP contribution is -2.23. The minimum absolute atomic E-state index is 0.0367. The van der Waals surface area contributed by atoms with Crippen LogP contribution in [0.2, 0.25) is 0 Å². The van der Waals surface area contributed by atoms with Gasteiger partial charge in [0, 0.05) is 30.7 Å². The molecule has 6 nitrogen and oxygen atoms in total. The molecule has 0 aliphatic carbocycles. The molecule has 1 aromatic heterocycles. The maximum atomic E-state index is 12.8. The van der Waals surface area contributed by atoms with Gasteiger partial charge in [0.15, 0.2) is 0 Å². The van der Waals surface area contributed by atoms with Crippen LogP contribution in [0.4, 0.5) is 5.69 Å². The molecule has 3 aromatic rings. The fourth-order valence-corrected chi connectivity index (χ4v) is 3.58. The molecule has 0 atom stereocenters. The summed E-state index contributed by atoms with van der Waals surface area (Å²) < 4.78 is 5.24. The smallest absolute Gasteiger partial charge is 0.256 e. The zero-order valence-corrected chi connectivity index (χ0v) is 17.5. The van der Waals surface area contributed by atoms with Crippen molar-refractivity contribution in [2.45, 2.75) is 24.0 Å². The summed E-state index contributed by atoms with van der Waals surface area (Å²) in [5.74, 6) is 1.22. The highest BCUT2D eigenvalue weighted by atomic mass is 32.2. The van der Waals surface area contributed by atoms with E-state index in [4.69, 9.17) is 4.52 Å². The molecule has 0 fully saturated rings. The van der Waals surface area contributed by atoms with Crippen LogP contribution < -0.4 is 5.32 Å². The molecule has 0 radical (unpaired) electrons. The average Bonchev–Trinajstić information content (AvgIpc) is 3.13. The topological polar surface area (TPSA) is 75.4 Å². The average molecular weight is 410 g/mol. The lowest BCUT2D eigenvalue weighted by Gasteiger charge is -2.11. The first-order valence-corrected chi connectivity index (χ1v) is 10.2. The summed E-state index contributed by atoms with van der Waals surface area (Å²) >= 11 is 1.53. The van der Waals surface area contributed by atoms with E-state index in [1.807, 2.05) is 55.5 Å². The number of anilines is 1. The van der Waals surface area contributed by atoms with Gasteiger partial charge in [-0.05, 0) is 36.8 Å². The summed E-state index contributed by atoms with van der Waals surface area (Å²) in [5, 5.41) is 6.81. The summed E-state index contributed by atoms with van der Waals surface area (Å²) in [6.45, 7) is 1.88. The molecule has 2 amide bonds. The van der Waals surface area contributed by atoms with Crippen molar-refractivity contribution >= 4 is 29.3 Å². The van der Waals surface area contributed by atoms with Crippen molar-refractivity contribution in [3.05, 3.63) is 77.2 Å². The van der Waals surface area contributed by atoms with Crippen LogP contribution in [0.5, 0.6) is 0 Å². The highest BCUT2D eigenvalue weighted by molar-refractivity contribution is 7.98. The molecule has 29 heavy (non-hydrogen) atoms. The second-order valence-electron chi connectivity index (χ2n) is 6.84. The van der Waals surface area contributed by atoms with Crippen molar-refractivity contribution in [1.29, 1.82) is 0 Å². The van der Waals surface area contributed by atoms with Gasteiger partial charge >= 0.3 is 0 Å². The fraction of sp³-hybridized carbons (Fsp3) is 0.227. The van der Waals surface area contributed by atoms with E-state index in [1.165, 1.54) is 11.8 Å². The Morgan fingerprint density at radius 3 is 2.48 bits per heavy atom. The number of carbonyl (C=O) groups is 2. The largest absolute Gasteiger partial charge is 0.360 e. The normalized spacial score (nSPS) is 10.6. The molecular weight excluding hydrogens is 386 g/mol. The Balaban J connectivity index is 1.65. The number of aromatic nitrogens is 1. The number of thioether (sulfide) groups is 1. The Hall–Kier alpha value is -3.06. The first-order valence-electron chi connectivity index (χ1n) is 9.17. The number of amides is 2. The van der Waals surface area contributed by atoms with E-state index in [9.17, 15) is 9.59 Å². The Kier molecular flexibility index (Phi) is 6.72. The van der Waals surface area contributed by atoms with Crippen molar-refractivity contribution in [3.63, 3.8) is 0 Å². The SMILES string of the molecule is Cc1cc(CSc2ccccc2C(=O)Nc2ccc(CC(=O)N(C)C)cc2)on1. The predicted octanol–water partition coefficient (Wildman–Crippen LogP) is 4.16. The van der Waals surface area contributed by atoms with E-state index in [0.29, 0.717) is 23.4 Å². The molecule has 2 aromatic carbocycles. The van der Waals surface area contributed by atoms with Crippen LogP contribution >= 0.6 is 11.8 Å². The number of likely N-dealkylation sites (N-methyl/N-ethyl adjacent to an activating group) is 1. The minimum Gasteiger partial charge on any atom is -0.360 e. The van der Waals surface area contributed by atoms with Crippen molar-refractivity contribution < 1.29 is 14.1 Å². The van der Waals surface area contributed by atoms with Crippen molar-refractivity contribution in [2.75, 3.05) is 19.4 Å². The zero-order valence-electron chi connectivity index (χ0n) is 16.6. The number of benzene rings is 2. The van der Waals surface area contributed by atoms with Gasteiger partial charge in [-0.25, -0.2) is 0 Å². The van der Waals surface area contributed by atoms with Gasteiger partial charge in [-0.3, -0.25) is 9.59 Å². The standard InChI is InChI=1S/C22H23N3O3S/c1-15-12-18(28-24-15)14-29-20-7-5-4-6-19(20)22(27)23-17-10-8-16(9-11-17)13-21(26)25(2)3/h4-12H,13-14H2,1-3H3,(H,23,27). The third kappa shape index (κ3) is 5.71. The van der Waals surface area contributed by atoms with E-state index < -0.39 is 0 Å². The molecule has 0 spiro atoms. The molecule has 0 saturated carbocycles. The minimum atomic E-state index is -0.182.